The fourth-order valence-electron chi connectivity index (χ4n) is 10.6. The van der Waals surface area contributed by atoms with E-state index in [1.54, 1.807) is 0 Å². The molecule has 0 radical (unpaired) electrons. The molecule has 3 N–H and O–H groups in total. The fraction of sp³-hybridized carbons (Fsp3) is 0.943. The van der Waals surface area contributed by atoms with Gasteiger partial charge in [-0.2, -0.15) is 0 Å². The Bertz CT molecular complexity index is 1720. The van der Waals surface area contributed by atoms with Crippen LogP contribution in [0.25, 0.3) is 0 Å². The molecule has 19 heteroatoms. The summed E-state index contributed by atoms with van der Waals surface area (Å²) in [7, 11) is -9.90. The second kappa shape index (κ2) is 63.5. The molecule has 89 heavy (non-hydrogen) atoms. The maximum atomic E-state index is 13.0. The van der Waals surface area contributed by atoms with Gasteiger partial charge in [0.1, 0.15) is 19.3 Å². The van der Waals surface area contributed by atoms with Crippen LogP contribution in [-0.4, -0.2) is 96.7 Å². The van der Waals surface area contributed by atoms with Gasteiger partial charge in [-0.1, -0.05) is 311 Å². The molecule has 0 aromatic heterocycles. The molecular weight excluding hydrogens is 1170 g/mol. The predicted molar refractivity (Wildman–Crippen MR) is 358 cm³/mol. The number of phosphoric ester groups is 2. The molecule has 0 saturated heterocycles. The van der Waals surface area contributed by atoms with E-state index in [-0.39, 0.29) is 25.7 Å². The van der Waals surface area contributed by atoms with Gasteiger partial charge in [-0.15, -0.1) is 0 Å². The highest BCUT2D eigenvalue weighted by Crippen LogP contribution is 2.45. The molecule has 0 rings (SSSR count). The van der Waals surface area contributed by atoms with Crippen molar-refractivity contribution in [3.8, 4) is 0 Å². The van der Waals surface area contributed by atoms with E-state index in [1.165, 1.54) is 186 Å². The first-order valence-electron chi connectivity index (χ1n) is 36.7. The van der Waals surface area contributed by atoms with Crippen LogP contribution in [-0.2, 0) is 65.4 Å². The molecule has 0 saturated carbocycles. The number of unbranched alkanes of at least 4 members (excludes halogenated alkanes) is 41. The van der Waals surface area contributed by atoms with Crippen molar-refractivity contribution in [3.05, 3.63) is 0 Å². The number of ether oxygens (including phenoxy) is 4. The lowest BCUT2D eigenvalue weighted by Gasteiger charge is -2.21. The summed E-state index contributed by atoms with van der Waals surface area (Å²) in [5.41, 5.74) is 0. The molecule has 0 bridgehead atoms. The van der Waals surface area contributed by atoms with E-state index in [0.29, 0.717) is 25.7 Å². The molecule has 0 aromatic rings. The predicted octanol–water partition coefficient (Wildman–Crippen LogP) is 20.1. The van der Waals surface area contributed by atoms with Gasteiger partial charge >= 0.3 is 39.5 Å². The van der Waals surface area contributed by atoms with E-state index >= 15 is 0 Å². The molecule has 17 nitrogen and oxygen atoms in total. The van der Waals surface area contributed by atoms with E-state index in [9.17, 15) is 43.2 Å². The molecular formula is C70H136O17P2. The summed E-state index contributed by atoms with van der Waals surface area (Å²) in [5, 5.41) is 10.6. The third kappa shape index (κ3) is 63.2. The molecule has 0 aromatic carbocycles. The lowest BCUT2D eigenvalue weighted by molar-refractivity contribution is -0.161. The topological polar surface area (TPSA) is 237 Å². The van der Waals surface area contributed by atoms with Crippen LogP contribution in [0.1, 0.15) is 362 Å². The highest BCUT2D eigenvalue weighted by Gasteiger charge is 2.30. The van der Waals surface area contributed by atoms with Crippen LogP contribution in [0.5, 0.6) is 0 Å². The Kier molecular flexibility index (Phi) is 62.1. The Labute approximate surface area is 543 Å². The second-order valence-corrected chi connectivity index (χ2v) is 28.4. The summed E-state index contributed by atoms with van der Waals surface area (Å²) in [5.74, 6) is -1.32. The van der Waals surface area contributed by atoms with Gasteiger partial charge in [0, 0.05) is 25.7 Å². The van der Waals surface area contributed by atoms with Gasteiger partial charge in [0.05, 0.1) is 26.4 Å². The monoisotopic (exact) mass is 1310 g/mol. The number of esters is 4. The molecule has 0 amide bonds. The Balaban J connectivity index is 5.24. The smallest absolute Gasteiger partial charge is 0.462 e. The fourth-order valence-corrected chi connectivity index (χ4v) is 12.2. The zero-order valence-corrected chi connectivity index (χ0v) is 59.4. The molecule has 0 aliphatic heterocycles. The quantitative estimate of drug-likeness (QED) is 0.0222. The molecule has 0 aliphatic carbocycles. The molecule has 0 aliphatic rings. The number of hydrogen-bond acceptors (Lipinski definition) is 15. The van der Waals surface area contributed by atoms with Gasteiger partial charge in [-0.05, 0) is 31.6 Å². The average molecular weight is 1310 g/mol. The lowest BCUT2D eigenvalue weighted by Crippen LogP contribution is -2.30. The molecule has 0 heterocycles. The number of phosphoric acid groups is 2. The zero-order valence-electron chi connectivity index (χ0n) is 57.6. The number of rotatable bonds is 70. The SMILES string of the molecule is CCCCCCCCCCCCCCCCC(=O)OC[C@H](COP(=O)(O)OC[C@@H](O)COP(=O)(O)OC[C@@H](COC(=O)CCCCCCCCCCC)OC(=O)CCCCCCCCCCCCCC)OC(=O)CCCCCCCCCCCCC(C)CC. The van der Waals surface area contributed by atoms with Crippen molar-refractivity contribution < 1.29 is 80.2 Å². The largest absolute Gasteiger partial charge is 0.472 e. The first-order valence-corrected chi connectivity index (χ1v) is 39.7. The molecule has 3 unspecified atom stereocenters. The van der Waals surface area contributed by atoms with Gasteiger partial charge in [0.15, 0.2) is 12.2 Å². The molecule has 0 spiro atoms. The van der Waals surface area contributed by atoms with Crippen molar-refractivity contribution in [1.82, 2.24) is 0 Å². The number of carbonyl (C=O) groups is 4. The van der Waals surface area contributed by atoms with Gasteiger partial charge in [0.2, 0.25) is 0 Å². The van der Waals surface area contributed by atoms with E-state index in [4.69, 9.17) is 37.0 Å². The third-order valence-corrected chi connectivity index (χ3v) is 18.5. The van der Waals surface area contributed by atoms with E-state index < -0.39 is 97.5 Å². The standard InChI is InChI=1S/C70H136O17P2/c1-6-10-13-16-19-22-24-26-27-29-34-39-44-49-54-68(73)81-60-66(87-70(75)56-51-46-41-36-31-30-33-37-42-47-52-63(5)9-4)62-85-89(78,79)83-58-64(71)57-82-88(76,77)84-61-65(59-80-67(72)53-48-43-38-32-21-18-15-12-8-3)86-69(74)55-50-45-40-35-28-25-23-20-17-14-11-7-2/h63-66,71H,6-62H2,1-5H3,(H,76,77)(H,78,79)/t63?,64-,65+,66+/m0/s1. The Morgan fingerprint density at radius 2 is 0.539 bits per heavy atom. The summed E-state index contributed by atoms with van der Waals surface area (Å²) >= 11 is 0. The average Bonchev–Trinajstić information content (AvgIpc) is 3.64. The van der Waals surface area contributed by atoms with Crippen molar-refractivity contribution >= 4 is 39.5 Å². The van der Waals surface area contributed by atoms with Crippen molar-refractivity contribution in [2.45, 2.75) is 380 Å². The highest BCUT2D eigenvalue weighted by molar-refractivity contribution is 7.47. The number of carbonyl (C=O) groups excluding carboxylic acids is 4. The van der Waals surface area contributed by atoms with Crippen LogP contribution in [0, 0.1) is 5.92 Å². The van der Waals surface area contributed by atoms with Crippen LogP contribution in [0.3, 0.4) is 0 Å². The van der Waals surface area contributed by atoms with Crippen molar-refractivity contribution in [2.75, 3.05) is 39.6 Å². The van der Waals surface area contributed by atoms with Gasteiger partial charge in [0.25, 0.3) is 0 Å². The normalized spacial score (nSPS) is 14.4. The summed E-state index contributed by atoms with van der Waals surface area (Å²) in [6, 6.07) is 0. The van der Waals surface area contributed by atoms with Gasteiger partial charge in [-0.25, -0.2) is 9.13 Å². The molecule has 6 atom stereocenters. The first kappa shape index (κ1) is 87.1. The maximum absolute atomic E-state index is 13.0. The third-order valence-electron chi connectivity index (χ3n) is 16.6. The van der Waals surface area contributed by atoms with E-state index in [1.807, 2.05) is 0 Å². The van der Waals surface area contributed by atoms with Gasteiger partial charge < -0.3 is 33.8 Å². The van der Waals surface area contributed by atoms with Crippen LogP contribution in [0.2, 0.25) is 0 Å². The maximum Gasteiger partial charge on any atom is 0.472 e. The molecule has 0 fully saturated rings. The second-order valence-electron chi connectivity index (χ2n) is 25.5. The van der Waals surface area contributed by atoms with Gasteiger partial charge in [-0.3, -0.25) is 37.3 Å². The van der Waals surface area contributed by atoms with E-state index in [0.717, 1.165) is 95.8 Å². The Hall–Kier alpha value is -1.94. The van der Waals surface area contributed by atoms with Crippen LogP contribution in [0.15, 0.2) is 0 Å². The van der Waals surface area contributed by atoms with Crippen molar-refractivity contribution in [2.24, 2.45) is 5.92 Å². The summed E-state index contributed by atoms with van der Waals surface area (Å²) in [6.07, 6.45) is 49.7. The zero-order chi connectivity index (χ0) is 65.6. The van der Waals surface area contributed by atoms with Crippen LogP contribution < -0.4 is 0 Å². The summed E-state index contributed by atoms with van der Waals surface area (Å²) in [6.45, 7) is 7.26. The first-order chi connectivity index (χ1) is 43.1. The van der Waals surface area contributed by atoms with Crippen LogP contribution >= 0.6 is 15.6 Å². The summed E-state index contributed by atoms with van der Waals surface area (Å²) < 4.78 is 68.3. The summed E-state index contributed by atoms with van der Waals surface area (Å²) in [4.78, 5) is 72.5. The van der Waals surface area contributed by atoms with Crippen LogP contribution in [0.4, 0.5) is 0 Å². The number of hydrogen-bond donors (Lipinski definition) is 3. The van der Waals surface area contributed by atoms with E-state index in [2.05, 4.69) is 34.6 Å². The lowest BCUT2D eigenvalue weighted by atomic mass is 9.99. The van der Waals surface area contributed by atoms with Crippen molar-refractivity contribution in [1.29, 1.82) is 0 Å². The van der Waals surface area contributed by atoms with Crippen molar-refractivity contribution in [3.63, 3.8) is 0 Å². The number of aliphatic hydroxyl groups is 1. The molecule has 528 valence electrons. The minimum atomic E-state index is -4.95. The minimum absolute atomic E-state index is 0.107. The number of aliphatic hydroxyl groups excluding tert-OH is 1. The highest BCUT2D eigenvalue weighted by atomic mass is 31.2. The Morgan fingerprint density at radius 1 is 0.315 bits per heavy atom. The Morgan fingerprint density at radius 3 is 0.798 bits per heavy atom. The minimum Gasteiger partial charge on any atom is -0.462 e.